The minimum atomic E-state index is -3.04. The Kier molecular flexibility index (Phi) is 4.85. The van der Waals surface area contributed by atoms with Gasteiger partial charge in [-0.15, -0.1) is 0 Å². The van der Waals surface area contributed by atoms with Crippen molar-refractivity contribution in [2.75, 3.05) is 17.2 Å². The second kappa shape index (κ2) is 7.59. The number of nitrogens with zero attached hydrogens (tertiary/aromatic N) is 4. The molecule has 1 saturated heterocycles. The molecule has 5 rings (SSSR count). The maximum absolute atomic E-state index is 12.5. The highest BCUT2D eigenvalue weighted by Crippen LogP contribution is 2.35. The maximum Gasteiger partial charge on any atom is 0.165 e. The first kappa shape index (κ1) is 20.4. The zero-order valence-electron chi connectivity index (χ0n) is 17.6. The summed E-state index contributed by atoms with van der Waals surface area (Å²) < 4.78 is 27.3. The number of hydrogen-bond donors (Lipinski definition) is 1. The van der Waals surface area contributed by atoms with Crippen molar-refractivity contribution in [2.45, 2.75) is 25.7 Å². The maximum atomic E-state index is 12.5. The van der Waals surface area contributed by atoms with Crippen LogP contribution in [0, 0.1) is 0 Å². The monoisotopic (exact) mass is 449 g/mol. The van der Waals surface area contributed by atoms with E-state index in [0.717, 1.165) is 16.8 Å². The fraction of sp³-hybridized carbons (Fsp3) is 0.261. The van der Waals surface area contributed by atoms with Gasteiger partial charge in [0.05, 0.1) is 29.0 Å². The summed E-state index contributed by atoms with van der Waals surface area (Å²) in [4.78, 5) is 17.3. The van der Waals surface area contributed by atoms with Crippen molar-refractivity contribution in [3.63, 3.8) is 0 Å². The number of anilines is 1. The average molecular weight is 450 g/mol. The van der Waals surface area contributed by atoms with E-state index in [2.05, 4.69) is 5.10 Å². The first-order chi connectivity index (χ1) is 15.3. The normalized spacial score (nSPS) is 16.4. The number of benzene rings is 1. The van der Waals surface area contributed by atoms with E-state index in [4.69, 9.17) is 10.7 Å². The molecule has 0 unspecified atom stereocenters. The number of rotatable bonds is 4. The van der Waals surface area contributed by atoms with Crippen molar-refractivity contribution in [2.24, 2.45) is 0 Å². The molecule has 0 saturated carbocycles. The standard InChI is InChI=1S/C23H23N5O3S/c1-15(29)20-21(16-8-11-32(30,31)12-9-16)26-23-19(13-25-28(23)22(20)24)17-7-10-27(14-17)18-5-3-2-4-6-18/h2-7,10,13-14,16H,8-9,11-12,24H2,1H3. The quantitative estimate of drug-likeness (QED) is 0.479. The van der Waals surface area contributed by atoms with Gasteiger partial charge >= 0.3 is 0 Å². The minimum Gasteiger partial charge on any atom is -0.383 e. The summed E-state index contributed by atoms with van der Waals surface area (Å²) in [5, 5.41) is 4.40. The lowest BCUT2D eigenvalue weighted by Crippen LogP contribution is -2.25. The van der Waals surface area contributed by atoms with Crippen molar-refractivity contribution >= 4 is 27.1 Å². The minimum absolute atomic E-state index is 0.0911. The van der Waals surface area contributed by atoms with E-state index in [-0.39, 0.29) is 29.0 Å². The van der Waals surface area contributed by atoms with Crippen molar-refractivity contribution in [3.05, 3.63) is 66.2 Å². The van der Waals surface area contributed by atoms with Crippen molar-refractivity contribution < 1.29 is 13.2 Å². The van der Waals surface area contributed by atoms with Crippen LogP contribution >= 0.6 is 0 Å². The number of sulfone groups is 1. The number of fused-ring (bicyclic) bond motifs is 1. The van der Waals surface area contributed by atoms with Crippen LogP contribution < -0.4 is 5.73 Å². The Balaban J connectivity index is 1.63. The Hall–Kier alpha value is -3.46. The highest BCUT2D eigenvalue weighted by Gasteiger charge is 2.31. The molecule has 3 aromatic heterocycles. The molecule has 9 heteroatoms. The Morgan fingerprint density at radius 1 is 1.12 bits per heavy atom. The number of nitrogens with two attached hydrogens (primary N) is 1. The van der Waals surface area contributed by atoms with Crippen LogP contribution in [0.2, 0.25) is 0 Å². The van der Waals surface area contributed by atoms with E-state index < -0.39 is 9.84 Å². The number of para-hydroxylation sites is 1. The van der Waals surface area contributed by atoms with E-state index in [1.54, 1.807) is 6.20 Å². The van der Waals surface area contributed by atoms with Gasteiger partial charge in [-0.3, -0.25) is 4.79 Å². The lowest BCUT2D eigenvalue weighted by atomic mass is 9.93. The first-order valence-corrected chi connectivity index (χ1v) is 12.3. The summed E-state index contributed by atoms with van der Waals surface area (Å²) in [5.74, 6) is 0.0791. The molecule has 0 atom stereocenters. The van der Waals surface area contributed by atoms with Gasteiger partial charge in [0.15, 0.2) is 11.4 Å². The molecule has 1 aromatic carbocycles. The molecule has 0 spiro atoms. The number of nitrogen functional groups attached to an aromatic ring is 1. The third-order valence-corrected chi connectivity index (χ3v) is 7.78. The van der Waals surface area contributed by atoms with Crippen molar-refractivity contribution in [1.29, 1.82) is 0 Å². The van der Waals surface area contributed by atoms with Gasteiger partial charge in [-0.25, -0.2) is 13.4 Å². The van der Waals surface area contributed by atoms with Gasteiger partial charge in [-0.05, 0) is 38.0 Å². The van der Waals surface area contributed by atoms with Crippen LogP contribution in [0.5, 0.6) is 0 Å². The molecular weight excluding hydrogens is 426 g/mol. The molecule has 4 heterocycles. The fourth-order valence-electron chi connectivity index (χ4n) is 4.37. The van der Waals surface area contributed by atoms with Crippen LogP contribution in [-0.4, -0.2) is 44.9 Å². The highest BCUT2D eigenvalue weighted by atomic mass is 32.2. The van der Waals surface area contributed by atoms with Gasteiger partial charge in [0.1, 0.15) is 15.7 Å². The Morgan fingerprint density at radius 2 is 1.84 bits per heavy atom. The molecule has 164 valence electrons. The summed E-state index contributed by atoms with van der Waals surface area (Å²) in [6.07, 6.45) is 6.52. The number of aromatic nitrogens is 4. The van der Waals surface area contributed by atoms with E-state index in [1.165, 1.54) is 11.4 Å². The van der Waals surface area contributed by atoms with Crippen LogP contribution in [0.3, 0.4) is 0 Å². The van der Waals surface area contributed by atoms with Crippen molar-refractivity contribution in [1.82, 2.24) is 19.2 Å². The van der Waals surface area contributed by atoms with E-state index in [9.17, 15) is 13.2 Å². The van der Waals surface area contributed by atoms with Crippen LogP contribution in [0.1, 0.15) is 41.7 Å². The first-order valence-electron chi connectivity index (χ1n) is 10.5. The zero-order chi connectivity index (χ0) is 22.5. The fourth-order valence-corrected chi connectivity index (χ4v) is 5.86. The topological polar surface area (TPSA) is 112 Å². The number of carbonyl (C=O) groups excluding carboxylic acids is 1. The van der Waals surface area contributed by atoms with Gasteiger partial charge < -0.3 is 10.3 Å². The smallest absolute Gasteiger partial charge is 0.165 e. The van der Waals surface area contributed by atoms with Gasteiger partial charge in [-0.2, -0.15) is 9.61 Å². The van der Waals surface area contributed by atoms with E-state index >= 15 is 0 Å². The predicted molar refractivity (Wildman–Crippen MR) is 123 cm³/mol. The molecule has 1 aliphatic rings. The molecule has 0 radical (unpaired) electrons. The lowest BCUT2D eigenvalue weighted by Gasteiger charge is -2.24. The Bertz CT molecular complexity index is 1420. The third-order valence-electron chi connectivity index (χ3n) is 6.06. The number of hydrogen-bond acceptors (Lipinski definition) is 6. The van der Waals surface area contributed by atoms with Crippen LogP contribution in [0.25, 0.3) is 22.5 Å². The van der Waals surface area contributed by atoms with Crippen molar-refractivity contribution in [3.8, 4) is 16.8 Å². The summed E-state index contributed by atoms with van der Waals surface area (Å²) in [5.41, 5.74) is 10.6. The lowest BCUT2D eigenvalue weighted by molar-refractivity contribution is 0.101. The summed E-state index contributed by atoms with van der Waals surface area (Å²) >= 11 is 0. The van der Waals surface area contributed by atoms with Gasteiger partial charge in [0, 0.05) is 35.1 Å². The van der Waals surface area contributed by atoms with E-state index in [0.29, 0.717) is 29.7 Å². The molecule has 0 bridgehead atoms. The molecular formula is C23H23N5O3S. The van der Waals surface area contributed by atoms with Crippen LogP contribution in [0.15, 0.2) is 55.0 Å². The number of carbonyl (C=O) groups is 1. The molecule has 0 aliphatic carbocycles. The molecule has 8 nitrogen and oxygen atoms in total. The Labute approximate surface area is 185 Å². The van der Waals surface area contributed by atoms with Gasteiger partial charge in [-0.1, -0.05) is 18.2 Å². The Morgan fingerprint density at radius 3 is 2.53 bits per heavy atom. The molecule has 32 heavy (non-hydrogen) atoms. The second-order valence-electron chi connectivity index (χ2n) is 8.18. The number of ketones is 1. The molecule has 1 aliphatic heterocycles. The second-order valence-corrected chi connectivity index (χ2v) is 10.5. The van der Waals surface area contributed by atoms with Gasteiger partial charge in [0.2, 0.25) is 0 Å². The molecule has 1 fully saturated rings. The molecule has 2 N–H and O–H groups in total. The SMILES string of the molecule is CC(=O)c1c(C2CCS(=O)(=O)CC2)nc2c(-c3ccn(-c4ccccc4)c3)cnn2c1N. The van der Waals surface area contributed by atoms with E-state index in [1.807, 2.05) is 53.4 Å². The largest absolute Gasteiger partial charge is 0.383 e. The van der Waals surface area contributed by atoms with Crippen LogP contribution in [0.4, 0.5) is 5.82 Å². The predicted octanol–water partition coefficient (Wildman–Crippen LogP) is 3.26. The third kappa shape index (κ3) is 3.48. The zero-order valence-corrected chi connectivity index (χ0v) is 18.4. The molecule has 0 amide bonds. The van der Waals surface area contributed by atoms with Crippen LogP contribution in [-0.2, 0) is 9.84 Å². The van der Waals surface area contributed by atoms with Gasteiger partial charge in [0.25, 0.3) is 0 Å². The summed E-state index contributed by atoms with van der Waals surface area (Å²) in [6.45, 7) is 1.45. The summed E-state index contributed by atoms with van der Waals surface area (Å²) in [6, 6.07) is 11.9. The average Bonchev–Trinajstić information content (AvgIpc) is 3.41. The number of Topliss-reactive ketones (excluding diaryl/α,β-unsaturated/α-hetero) is 1. The molecule has 4 aromatic rings. The summed E-state index contributed by atoms with van der Waals surface area (Å²) in [7, 11) is -3.04. The highest BCUT2D eigenvalue weighted by molar-refractivity contribution is 7.91.